The molecule has 21 heavy (non-hydrogen) atoms. The van der Waals surface area contributed by atoms with Gasteiger partial charge in [-0.15, -0.1) is 0 Å². The monoisotopic (exact) mass is 282 g/mol. The second-order valence-corrected chi connectivity index (χ2v) is 4.76. The van der Waals surface area contributed by atoms with Gasteiger partial charge in [-0.05, 0) is 42.8 Å². The lowest BCUT2D eigenvalue weighted by Crippen LogP contribution is -2.16. The Kier molecular flexibility index (Phi) is 5.21. The van der Waals surface area contributed by atoms with E-state index in [-0.39, 0.29) is 11.9 Å². The Morgan fingerprint density at radius 3 is 2.14 bits per heavy atom. The minimum Gasteiger partial charge on any atom is -0.426 e. The largest absolute Gasteiger partial charge is 0.426 e. The molecule has 0 spiro atoms. The lowest BCUT2D eigenvalue weighted by molar-refractivity contribution is -0.138. The normalized spacial score (nSPS) is 12.3. The van der Waals surface area contributed by atoms with Gasteiger partial charge < -0.3 is 4.74 Å². The van der Waals surface area contributed by atoms with Crippen LogP contribution in [0.5, 0.6) is 5.75 Å². The zero-order valence-electron chi connectivity index (χ0n) is 12.2. The number of carbonyl (C=O) groups is 1. The Balaban J connectivity index is 1.99. The Morgan fingerprint density at radius 1 is 1.00 bits per heavy atom. The van der Waals surface area contributed by atoms with Crippen LogP contribution in [0.4, 0.5) is 11.4 Å². The van der Waals surface area contributed by atoms with Crippen LogP contribution >= 0.6 is 0 Å². The lowest BCUT2D eigenvalue weighted by Gasteiger charge is -2.08. The number of benzene rings is 2. The Bertz CT molecular complexity index is 606. The molecule has 2 aromatic rings. The first-order chi connectivity index (χ1) is 10.2. The zero-order valence-corrected chi connectivity index (χ0v) is 12.2. The summed E-state index contributed by atoms with van der Waals surface area (Å²) < 4.78 is 5.27. The minimum atomic E-state index is -0.212. The SMILES string of the molecule is CCC(C)C(=O)Oc1ccc(N=Nc2ccccc2)cc1. The van der Waals surface area contributed by atoms with E-state index < -0.39 is 0 Å². The number of hydrogen-bond acceptors (Lipinski definition) is 4. The van der Waals surface area contributed by atoms with Gasteiger partial charge in [-0.1, -0.05) is 32.0 Å². The van der Waals surface area contributed by atoms with Crippen LogP contribution in [0, 0.1) is 5.92 Å². The van der Waals surface area contributed by atoms with Gasteiger partial charge in [-0.2, -0.15) is 10.2 Å². The van der Waals surface area contributed by atoms with Crippen molar-refractivity contribution in [3.05, 3.63) is 54.6 Å². The highest BCUT2D eigenvalue weighted by Gasteiger charge is 2.12. The molecule has 0 aliphatic heterocycles. The van der Waals surface area contributed by atoms with Crippen LogP contribution in [0.3, 0.4) is 0 Å². The third kappa shape index (κ3) is 4.53. The van der Waals surface area contributed by atoms with Crippen LogP contribution in [-0.2, 0) is 4.79 Å². The Hall–Kier alpha value is -2.49. The van der Waals surface area contributed by atoms with Gasteiger partial charge in [0.05, 0.1) is 17.3 Å². The van der Waals surface area contributed by atoms with Crippen LogP contribution in [-0.4, -0.2) is 5.97 Å². The summed E-state index contributed by atoms with van der Waals surface area (Å²) in [6, 6.07) is 16.5. The van der Waals surface area contributed by atoms with Crippen molar-refractivity contribution in [2.24, 2.45) is 16.1 Å². The molecular formula is C17H18N2O2. The van der Waals surface area contributed by atoms with Crippen molar-refractivity contribution in [3.8, 4) is 5.75 Å². The Labute approximate surface area is 124 Å². The molecule has 0 N–H and O–H groups in total. The maximum Gasteiger partial charge on any atom is 0.314 e. The lowest BCUT2D eigenvalue weighted by atomic mass is 10.1. The van der Waals surface area contributed by atoms with Gasteiger partial charge in [0.1, 0.15) is 5.75 Å². The van der Waals surface area contributed by atoms with Gasteiger partial charge in [-0.3, -0.25) is 4.79 Å². The van der Waals surface area contributed by atoms with Crippen LogP contribution < -0.4 is 4.74 Å². The van der Waals surface area contributed by atoms with Crippen LogP contribution in [0.1, 0.15) is 20.3 Å². The quantitative estimate of drug-likeness (QED) is 0.437. The van der Waals surface area contributed by atoms with Gasteiger partial charge in [0, 0.05) is 0 Å². The summed E-state index contributed by atoms with van der Waals surface area (Å²) in [5, 5.41) is 8.26. The summed E-state index contributed by atoms with van der Waals surface area (Å²) in [5.41, 5.74) is 1.51. The van der Waals surface area contributed by atoms with Crippen LogP contribution in [0.15, 0.2) is 64.8 Å². The molecule has 0 fully saturated rings. The van der Waals surface area contributed by atoms with Gasteiger partial charge >= 0.3 is 5.97 Å². The van der Waals surface area contributed by atoms with E-state index in [4.69, 9.17) is 4.74 Å². The number of nitrogens with zero attached hydrogens (tertiary/aromatic N) is 2. The Morgan fingerprint density at radius 2 is 1.57 bits per heavy atom. The third-order valence-corrected chi connectivity index (χ3v) is 3.11. The maximum absolute atomic E-state index is 11.7. The predicted molar refractivity (Wildman–Crippen MR) is 82.2 cm³/mol. The second kappa shape index (κ2) is 7.33. The van der Waals surface area contributed by atoms with E-state index in [1.165, 1.54) is 0 Å². The van der Waals surface area contributed by atoms with E-state index in [2.05, 4.69) is 10.2 Å². The predicted octanol–water partition coefficient (Wildman–Crippen LogP) is 5.05. The molecule has 1 unspecified atom stereocenters. The summed E-state index contributed by atoms with van der Waals surface area (Å²) in [6.45, 7) is 3.81. The van der Waals surface area contributed by atoms with Crippen molar-refractivity contribution in [2.45, 2.75) is 20.3 Å². The molecule has 4 heteroatoms. The number of carbonyl (C=O) groups excluding carboxylic acids is 1. The van der Waals surface area contributed by atoms with Gasteiger partial charge in [-0.25, -0.2) is 0 Å². The maximum atomic E-state index is 11.7. The molecule has 0 aliphatic rings. The summed E-state index contributed by atoms with van der Waals surface area (Å²) in [5.74, 6) is 0.220. The van der Waals surface area contributed by atoms with E-state index >= 15 is 0 Å². The second-order valence-electron chi connectivity index (χ2n) is 4.76. The zero-order chi connectivity index (χ0) is 15.1. The average Bonchev–Trinajstić information content (AvgIpc) is 2.54. The molecule has 4 nitrogen and oxygen atoms in total. The molecule has 0 radical (unpaired) electrons. The number of azo groups is 1. The van der Waals surface area contributed by atoms with E-state index in [1.807, 2.05) is 44.2 Å². The average molecular weight is 282 g/mol. The van der Waals surface area contributed by atoms with Gasteiger partial charge in [0.2, 0.25) is 0 Å². The van der Waals surface area contributed by atoms with Gasteiger partial charge in [0.25, 0.3) is 0 Å². The number of ether oxygens (including phenoxy) is 1. The van der Waals surface area contributed by atoms with Gasteiger partial charge in [0.15, 0.2) is 0 Å². The standard InChI is InChI=1S/C17H18N2O2/c1-3-13(2)17(20)21-16-11-9-15(10-12-16)19-18-14-7-5-4-6-8-14/h4-13H,3H2,1-2H3. The summed E-state index contributed by atoms with van der Waals surface area (Å²) >= 11 is 0. The molecule has 0 saturated carbocycles. The summed E-state index contributed by atoms with van der Waals surface area (Å²) in [4.78, 5) is 11.7. The molecular weight excluding hydrogens is 264 g/mol. The summed E-state index contributed by atoms with van der Waals surface area (Å²) in [6.07, 6.45) is 0.766. The first kappa shape index (κ1) is 14.9. The number of hydrogen-bond donors (Lipinski definition) is 0. The minimum absolute atomic E-state index is 0.0950. The molecule has 2 aromatic carbocycles. The van der Waals surface area contributed by atoms with Crippen LogP contribution in [0.2, 0.25) is 0 Å². The van der Waals surface area contributed by atoms with Crippen molar-refractivity contribution in [1.29, 1.82) is 0 Å². The molecule has 0 bridgehead atoms. The topological polar surface area (TPSA) is 51.0 Å². The molecule has 108 valence electrons. The molecule has 1 atom stereocenters. The highest BCUT2D eigenvalue weighted by atomic mass is 16.5. The molecule has 0 heterocycles. The molecule has 2 rings (SSSR count). The van der Waals surface area contributed by atoms with E-state index in [1.54, 1.807) is 24.3 Å². The fourth-order valence-corrected chi connectivity index (χ4v) is 1.57. The van der Waals surface area contributed by atoms with Crippen molar-refractivity contribution in [3.63, 3.8) is 0 Å². The van der Waals surface area contributed by atoms with E-state index in [0.29, 0.717) is 11.4 Å². The highest BCUT2D eigenvalue weighted by molar-refractivity contribution is 5.74. The molecule has 0 amide bonds. The molecule has 0 aromatic heterocycles. The van der Waals surface area contributed by atoms with Crippen molar-refractivity contribution in [1.82, 2.24) is 0 Å². The molecule has 0 saturated heterocycles. The number of esters is 1. The third-order valence-electron chi connectivity index (χ3n) is 3.11. The number of rotatable bonds is 5. The molecule has 0 aliphatic carbocycles. The smallest absolute Gasteiger partial charge is 0.314 e. The fraction of sp³-hybridized carbons (Fsp3) is 0.235. The van der Waals surface area contributed by atoms with E-state index in [9.17, 15) is 4.79 Å². The van der Waals surface area contributed by atoms with Crippen molar-refractivity contribution >= 4 is 17.3 Å². The first-order valence-electron chi connectivity index (χ1n) is 6.97. The highest BCUT2D eigenvalue weighted by Crippen LogP contribution is 2.21. The van der Waals surface area contributed by atoms with Crippen molar-refractivity contribution in [2.75, 3.05) is 0 Å². The first-order valence-corrected chi connectivity index (χ1v) is 6.97. The van der Waals surface area contributed by atoms with Crippen molar-refractivity contribution < 1.29 is 9.53 Å². The fourth-order valence-electron chi connectivity index (χ4n) is 1.57. The van der Waals surface area contributed by atoms with E-state index in [0.717, 1.165) is 12.1 Å². The van der Waals surface area contributed by atoms with Crippen LogP contribution in [0.25, 0.3) is 0 Å². The summed E-state index contributed by atoms with van der Waals surface area (Å²) in [7, 11) is 0.